The maximum atomic E-state index is 13.1. The van der Waals surface area contributed by atoms with E-state index in [1.54, 1.807) is 31.2 Å². The van der Waals surface area contributed by atoms with Gasteiger partial charge in [-0.25, -0.2) is 9.37 Å². The molecular weight excluding hydrogens is 233 g/mol. The van der Waals surface area contributed by atoms with Gasteiger partial charge in [0.15, 0.2) is 0 Å². The Labute approximate surface area is 105 Å². The molecule has 2 aromatic rings. The van der Waals surface area contributed by atoms with Gasteiger partial charge >= 0.3 is 0 Å². The van der Waals surface area contributed by atoms with E-state index in [4.69, 9.17) is 9.84 Å². The van der Waals surface area contributed by atoms with Crippen molar-refractivity contribution in [1.82, 2.24) is 4.98 Å². The Bertz CT molecular complexity index is 570. The van der Waals surface area contributed by atoms with Gasteiger partial charge in [-0.3, -0.25) is 0 Å². The number of halogens is 1. The molecule has 0 saturated carbocycles. The molecule has 1 aromatic carbocycles. The molecule has 4 heteroatoms. The van der Waals surface area contributed by atoms with Crippen LogP contribution >= 0.6 is 0 Å². The number of pyridine rings is 1. The first-order valence-corrected chi connectivity index (χ1v) is 5.61. The van der Waals surface area contributed by atoms with Crippen LogP contribution in [0, 0.1) is 19.7 Å². The van der Waals surface area contributed by atoms with Gasteiger partial charge in [-0.15, -0.1) is 0 Å². The number of aromatic nitrogens is 1. The van der Waals surface area contributed by atoms with Crippen molar-refractivity contribution >= 4 is 0 Å². The van der Waals surface area contributed by atoms with Crippen LogP contribution < -0.4 is 4.74 Å². The summed E-state index contributed by atoms with van der Waals surface area (Å²) >= 11 is 0. The van der Waals surface area contributed by atoms with Gasteiger partial charge in [-0.1, -0.05) is 0 Å². The number of aliphatic hydroxyl groups is 1. The van der Waals surface area contributed by atoms with Crippen LogP contribution in [0.5, 0.6) is 11.6 Å². The van der Waals surface area contributed by atoms with Gasteiger partial charge in [0.25, 0.3) is 0 Å². The molecule has 0 unspecified atom stereocenters. The molecule has 0 spiro atoms. The van der Waals surface area contributed by atoms with E-state index in [2.05, 4.69) is 4.98 Å². The number of hydrogen-bond acceptors (Lipinski definition) is 3. The Hall–Kier alpha value is -1.94. The van der Waals surface area contributed by atoms with Crippen molar-refractivity contribution in [3.8, 4) is 11.6 Å². The van der Waals surface area contributed by atoms with Crippen LogP contribution in [0.2, 0.25) is 0 Å². The topological polar surface area (TPSA) is 42.4 Å². The number of aliphatic hydroxyl groups excluding tert-OH is 1. The zero-order chi connectivity index (χ0) is 13.1. The van der Waals surface area contributed by atoms with Crippen LogP contribution in [0.25, 0.3) is 0 Å². The van der Waals surface area contributed by atoms with E-state index in [1.165, 1.54) is 6.07 Å². The largest absolute Gasteiger partial charge is 0.439 e. The standard InChI is InChI=1S/C14H14FNO2/c1-9-5-12(3-4-13(9)15)18-14-7-11(8-17)6-10(2)16-14/h3-7,17H,8H2,1-2H3. The second kappa shape index (κ2) is 5.14. The van der Waals surface area contributed by atoms with E-state index in [-0.39, 0.29) is 12.4 Å². The summed E-state index contributed by atoms with van der Waals surface area (Å²) in [6, 6.07) is 7.95. The molecule has 0 bridgehead atoms. The number of aryl methyl sites for hydroxylation is 2. The van der Waals surface area contributed by atoms with E-state index >= 15 is 0 Å². The van der Waals surface area contributed by atoms with Crippen molar-refractivity contribution in [1.29, 1.82) is 0 Å². The van der Waals surface area contributed by atoms with E-state index < -0.39 is 0 Å². The zero-order valence-electron chi connectivity index (χ0n) is 10.3. The SMILES string of the molecule is Cc1cc(CO)cc(Oc2ccc(F)c(C)c2)n1. The van der Waals surface area contributed by atoms with Gasteiger partial charge in [0, 0.05) is 11.8 Å². The second-order valence-corrected chi connectivity index (χ2v) is 4.13. The highest BCUT2D eigenvalue weighted by Gasteiger charge is 2.04. The monoisotopic (exact) mass is 247 g/mol. The van der Waals surface area contributed by atoms with E-state index in [0.717, 1.165) is 11.3 Å². The fourth-order valence-corrected chi connectivity index (χ4v) is 1.65. The molecule has 1 N–H and O–H groups in total. The summed E-state index contributed by atoms with van der Waals surface area (Å²) in [5.41, 5.74) is 2.01. The van der Waals surface area contributed by atoms with Crippen LogP contribution in [0.15, 0.2) is 30.3 Å². The lowest BCUT2D eigenvalue weighted by Gasteiger charge is -2.08. The van der Waals surface area contributed by atoms with Crippen molar-refractivity contribution < 1.29 is 14.2 Å². The fourth-order valence-electron chi connectivity index (χ4n) is 1.65. The average Bonchev–Trinajstić information content (AvgIpc) is 2.33. The first-order valence-electron chi connectivity index (χ1n) is 5.61. The van der Waals surface area contributed by atoms with Crippen molar-refractivity contribution in [3.63, 3.8) is 0 Å². The van der Waals surface area contributed by atoms with Crippen LogP contribution in [0.4, 0.5) is 4.39 Å². The van der Waals surface area contributed by atoms with Crippen LogP contribution in [0.1, 0.15) is 16.8 Å². The fraction of sp³-hybridized carbons (Fsp3) is 0.214. The molecule has 0 fully saturated rings. The molecule has 18 heavy (non-hydrogen) atoms. The molecule has 2 rings (SSSR count). The summed E-state index contributed by atoms with van der Waals surface area (Å²) in [7, 11) is 0. The molecule has 0 aliphatic rings. The van der Waals surface area contributed by atoms with E-state index in [0.29, 0.717) is 17.2 Å². The average molecular weight is 247 g/mol. The summed E-state index contributed by atoms with van der Waals surface area (Å²) in [6.07, 6.45) is 0. The van der Waals surface area contributed by atoms with Crippen LogP contribution in [0.3, 0.4) is 0 Å². The molecule has 0 amide bonds. The minimum atomic E-state index is -0.268. The number of hydrogen-bond donors (Lipinski definition) is 1. The summed E-state index contributed by atoms with van der Waals surface area (Å²) in [6.45, 7) is 3.43. The minimum absolute atomic E-state index is 0.0673. The molecule has 0 radical (unpaired) electrons. The first kappa shape index (κ1) is 12.5. The Morgan fingerprint density at radius 3 is 2.67 bits per heavy atom. The molecule has 0 saturated heterocycles. The smallest absolute Gasteiger partial charge is 0.219 e. The molecule has 1 heterocycles. The Morgan fingerprint density at radius 1 is 1.22 bits per heavy atom. The Kier molecular flexibility index (Phi) is 3.58. The lowest BCUT2D eigenvalue weighted by atomic mass is 10.2. The third-order valence-corrected chi connectivity index (χ3v) is 2.52. The maximum absolute atomic E-state index is 13.1. The van der Waals surface area contributed by atoms with E-state index in [1.807, 2.05) is 6.92 Å². The highest BCUT2D eigenvalue weighted by molar-refractivity contribution is 5.33. The molecule has 0 atom stereocenters. The molecule has 3 nitrogen and oxygen atoms in total. The van der Waals surface area contributed by atoms with Crippen molar-refractivity contribution in [2.24, 2.45) is 0 Å². The highest BCUT2D eigenvalue weighted by atomic mass is 19.1. The lowest BCUT2D eigenvalue weighted by Crippen LogP contribution is -1.94. The highest BCUT2D eigenvalue weighted by Crippen LogP contribution is 2.23. The number of ether oxygens (including phenoxy) is 1. The normalized spacial score (nSPS) is 10.4. The van der Waals surface area contributed by atoms with Gasteiger partial charge in [0.05, 0.1) is 6.61 Å². The Balaban J connectivity index is 2.27. The molecule has 1 aromatic heterocycles. The van der Waals surface area contributed by atoms with Crippen molar-refractivity contribution in [2.75, 3.05) is 0 Å². The van der Waals surface area contributed by atoms with Crippen LogP contribution in [-0.2, 0) is 6.61 Å². The van der Waals surface area contributed by atoms with Gasteiger partial charge in [0.2, 0.25) is 5.88 Å². The maximum Gasteiger partial charge on any atom is 0.219 e. The summed E-state index contributed by atoms with van der Waals surface area (Å²) in [5.74, 6) is 0.650. The number of rotatable bonds is 3. The Morgan fingerprint density at radius 2 is 2.00 bits per heavy atom. The molecule has 0 aliphatic carbocycles. The second-order valence-electron chi connectivity index (χ2n) is 4.13. The quantitative estimate of drug-likeness (QED) is 0.906. The van der Waals surface area contributed by atoms with E-state index in [9.17, 15) is 4.39 Å². The summed E-state index contributed by atoms with van der Waals surface area (Å²) in [5, 5.41) is 9.10. The predicted octanol–water partition coefficient (Wildman–Crippen LogP) is 3.12. The third kappa shape index (κ3) is 2.84. The van der Waals surface area contributed by atoms with Gasteiger partial charge in [-0.05, 0) is 49.2 Å². The first-order chi connectivity index (χ1) is 8.58. The van der Waals surface area contributed by atoms with Crippen molar-refractivity contribution in [3.05, 3.63) is 53.0 Å². The van der Waals surface area contributed by atoms with Crippen molar-refractivity contribution in [2.45, 2.75) is 20.5 Å². The third-order valence-electron chi connectivity index (χ3n) is 2.52. The summed E-state index contributed by atoms with van der Waals surface area (Å²) < 4.78 is 18.7. The van der Waals surface area contributed by atoms with Crippen LogP contribution in [-0.4, -0.2) is 10.1 Å². The minimum Gasteiger partial charge on any atom is -0.439 e. The number of nitrogens with zero attached hydrogens (tertiary/aromatic N) is 1. The molecular formula is C14H14FNO2. The van der Waals surface area contributed by atoms with Gasteiger partial charge in [0.1, 0.15) is 11.6 Å². The molecule has 94 valence electrons. The van der Waals surface area contributed by atoms with Gasteiger partial charge in [-0.2, -0.15) is 0 Å². The number of benzene rings is 1. The predicted molar refractivity (Wildman–Crippen MR) is 66.1 cm³/mol. The lowest BCUT2D eigenvalue weighted by molar-refractivity contribution is 0.281. The zero-order valence-corrected chi connectivity index (χ0v) is 10.3. The van der Waals surface area contributed by atoms with Gasteiger partial charge < -0.3 is 9.84 Å². The summed E-state index contributed by atoms with van der Waals surface area (Å²) in [4.78, 5) is 4.20. The molecule has 0 aliphatic heterocycles.